The van der Waals surface area contributed by atoms with E-state index in [1.165, 1.54) is 10.4 Å². The summed E-state index contributed by atoms with van der Waals surface area (Å²) in [6, 6.07) is 12.5. The lowest BCUT2D eigenvalue weighted by molar-refractivity contribution is -0.121. The SMILES string of the molecule is Cc1nccn1Cc1cccc(CNC(=O)CCCc2cccs2)c1. The molecule has 130 valence electrons. The Morgan fingerprint density at radius 3 is 2.88 bits per heavy atom. The molecule has 0 aliphatic heterocycles. The van der Waals surface area contributed by atoms with Gasteiger partial charge in [0.25, 0.3) is 0 Å². The van der Waals surface area contributed by atoms with Gasteiger partial charge in [-0.15, -0.1) is 11.3 Å². The van der Waals surface area contributed by atoms with Crippen molar-refractivity contribution in [1.82, 2.24) is 14.9 Å². The Morgan fingerprint density at radius 1 is 1.24 bits per heavy atom. The molecule has 1 amide bonds. The first-order valence-corrected chi connectivity index (χ1v) is 9.43. The minimum Gasteiger partial charge on any atom is -0.352 e. The van der Waals surface area contributed by atoms with Crippen LogP contribution in [0, 0.1) is 6.92 Å². The van der Waals surface area contributed by atoms with Crippen LogP contribution in [0.3, 0.4) is 0 Å². The van der Waals surface area contributed by atoms with Gasteiger partial charge in [0, 0.05) is 36.8 Å². The third-order valence-corrected chi connectivity index (χ3v) is 5.10. The Hall–Kier alpha value is -2.40. The number of benzene rings is 1. The summed E-state index contributed by atoms with van der Waals surface area (Å²) in [5.41, 5.74) is 2.34. The molecule has 1 N–H and O–H groups in total. The highest BCUT2D eigenvalue weighted by molar-refractivity contribution is 7.09. The summed E-state index contributed by atoms with van der Waals surface area (Å²) in [4.78, 5) is 17.6. The summed E-state index contributed by atoms with van der Waals surface area (Å²) >= 11 is 1.75. The van der Waals surface area contributed by atoms with Crippen molar-refractivity contribution >= 4 is 17.2 Å². The number of aryl methyl sites for hydroxylation is 2. The average Bonchev–Trinajstić information content (AvgIpc) is 3.26. The van der Waals surface area contributed by atoms with Crippen LogP contribution in [0.25, 0.3) is 0 Å². The highest BCUT2D eigenvalue weighted by atomic mass is 32.1. The van der Waals surface area contributed by atoms with Crippen molar-refractivity contribution in [2.75, 3.05) is 0 Å². The first-order valence-electron chi connectivity index (χ1n) is 8.55. The zero-order valence-corrected chi connectivity index (χ0v) is 15.3. The van der Waals surface area contributed by atoms with Crippen LogP contribution in [-0.4, -0.2) is 15.5 Å². The number of nitrogens with zero attached hydrogens (tertiary/aromatic N) is 2. The normalized spacial score (nSPS) is 10.8. The van der Waals surface area contributed by atoms with E-state index in [0.29, 0.717) is 13.0 Å². The van der Waals surface area contributed by atoms with E-state index in [1.807, 2.05) is 25.4 Å². The second kappa shape index (κ2) is 8.62. The van der Waals surface area contributed by atoms with Crippen molar-refractivity contribution in [2.24, 2.45) is 0 Å². The highest BCUT2D eigenvalue weighted by Crippen LogP contribution is 2.12. The van der Waals surface area contributed by atoms with Crippen molar-refractivity contribution in [3.63, 3.8) is 0 Å². The summed E-state index contributed by atoms with van der Waals surface area (Å²) in [5, 5.41) is 5.10. The molecule has 2 aromatic heterocycles. The molecule has 0 radical (unpaired) electrons. The number of carbonyl (C=O) groups excluding carboxylic acids is 1. The largest absolute Gasteiger partial charge is 0.352 e. The third-order valence-electron chi connectivity index (χ3n) is 4.16. The molecule has 3 aromatic rings. The highest BCUT2D eigenvalue weighted by Gasteiger charge is 2.04. The Morgan fingerprint density at radius 2 is 2.12 bits per heavy atom. The number of hydrogen-bond donors (Lipinski definition) is 1. The smallest absolute Gasteiger partial charge is 0.220 e. The maximum Gasteiger partial charge on any atom is 0.220 e. The van der Waals surface area contributed by atoms with Gasteiger partial charge < -0.3 is 9.88 Å². The molecule has 2 heterocycles. The number of carbonyl (C=O) groups is 1. The van der Waals surface area contributed by atoms with Gasteiger partial charge in [-0.2, -0.15) is 0 Å². The van der Waals surface area contributed by atoms with Crippen molar-refractivity contribution in [1.29, 1.82) is 0 Å². The van der Waals surface area contributed by atoms with Crippen LogP contribution >= 0.6 is 11.3 Å². The average molecular weight is 353 g/mol. The molecule has 4 nitrogen and oxygen atoms in total. The zero-order chi connectivity index (χ0) is 17.5. The fraction of sp³-hybridized carbons (Fsp3) is 0.300. The van der Waals surface area contributed by atoms with Crippen LogP contribution < -0.4 is 5.32 Å². The maximum atomic E-state index is 12.0. The second-order valence-corrected chi connectivity index (χ2v) is 7.16. The summed E-state index contributed by atoms with van der Waals surface area (Å²) in [7, 11) is 0. The first kappa shape index (κ1) is 17.4. The maximum absolute atomic E-state index is 12.0. The molecule has 0 unspecified atom stereocenters. The van der Waals surface area contributed by atoms with E-state index >= 15 is 0 Å². The summed E-state index contributed by atoms with van der Waals surface area (Å²) < 4.78 is 2.11. The molecular formula is C20H23N3OS. The van der Waals surface area contributed by atoms with E-state index in [-0.39, 0.29) is 5.91 Å². The summed E-state index contributed by atoms with van der Waals surface area (Å²) in [5.74, 6) is 1.12. The van der Waals surface area contributed by atoms with E-state index in [0.717, 1.165) is 30.8 Å². The van der Waals surface area contributed by atoms with Gasteiger partial charge in [0.1, 0.15) is 5.82 Å². The van der Waals surface area contributed by atoms with Gasteiger partial charge >= 0.3 is 0 Å². The summed E-state index contributed by atoms with van der Waals surface area (Å²) in [6.45, 7) is 3.38. The predicted octanol–water partition coefficient (Wildman–Crippen LogP) is 3.94. The molecule has 0 atom stereocenters. The number of amides is 1. The Kier molecular flexibility index (Phi) is 6.01. The van der Waals surface area contributed by atoms with Crippen molar-refractivity contribution in [3.8, 4) is 0 Å². The van der Waals surface area contributed by atoms with Crippen molar-refractivity contribution in [3.05, 3.63) is 76.0 Å². The van der Waals surface area contributed by atoms with Gasteiger partial charge in [0.05, 0.1) is 0 Å². The quantitative estimate of drug-likeness (QED) is 0.667. The molecule has 0 spiro atoms. The van der Waals surface area contributed by atoms with Gasteiger partial charge in [-0.05, 0) is 42.3 Å². The monoisotopic (exact) mass is 353 g/mol. The molecule has 0 saturated carbocycles. The first-order chi connectivity index (χ1) is 12.2. The third kappa shape index (κ3) is 5.29. The Bertz CT molecular complexity index is 808. The lowest BCUT2D eigenvalue weighted by Gasteiger charge is -2.09. The van der Waals surface area contributed by atoms with E-state index in [2.05, 4.69) is 50.6 Å². The summed E-state index contributed by atoms with van der Waals surface area (Å²) in [6.07, 6.45) is 6.25. The molecule has 0 aliphatic carbocycles. The van der Waals surface area contributed by atoms with Crippen LogP contribution in [0.4, 0.5) is 0 Å². The van der Waals surface area contributed by atoms with Crippen LogP contribution in [0.5, 0.6) is 0 Å². The van der Waals surface area contributed by atoms with E-state index in [1.54, 1.807) is 11.3 Å². The van der Waals surface area contributed by atoms with E-state index < -0.39 is 0 Å². The molecule has 0 saturated heterocycles. The van der Waals surface area contributed by atoms with E-state index in [4.69, 9.17) is 0 Å². The van der Waals surface area contributed by atoms with Crippen LogP contribution in [0.1, 0.15) is 34.7 Å². The molecule has 0 fully saturated rings. The molecule has 0 aliphatic rings. The van der Waals surface area contributed by atoms with Crippen LogP contribution in [0.15, 0.2) is 54.2 Å². The van der Waals surface area contributed by atoms with Crippen molar-refractivity contribution in [2.45, 2.75) is 39.3 Å². The van der Waals surface area contributed by atoms with Crippen molar-refractivity contribution < 1.29 is 4.79 Å². The number of nitrogens with one attached hydrogen (secondary N) is 1. The number of aromatic nitrogens is 2. The zero-order valence-electron chi connectivity index (χ0n) is 14.4. The van der Waals surface area contributed by atoms with Gasteiger partial charge in [0.15, 0.2) is 0 Å². The second-order valence-electron chi connectivity index (χ2n) is 6.13. The molecule has 5 heteroatoms. The lowest BCUT2D eigenvalue weighted by atomic mass is 10.1. The Balaban J connectivity index is 1.45. The van der Waals surface area contributed by atoms with E-state index in [9.17, 15) is 4.79 Å². The molecule has 0 bridgehead atoms. The standard InChI is InChI=1S/C20H23N3OS/c1-16-21-10-11-23(16)15-18-6-2-5-17(13-18)14-22-20(24)9-3-7-19-8-4-12-25-19/h2,4-6,8,10-13H,3,7,9,14-15H2,1H3,(H,22,24). The molecule has 1 aromatic carbocycles. The van der Waals surface area contributed by atoms with Gasteiger partial charge in [-0.25, -0.2) is 4.98 Å². The lowest BCUT2D eigenvalue weighted by Crippen LogP contribution is -2.22. The van der Waals surface area contributed by atoms with Crippen LogP contribution in [0.2, 0.25) is 0 Å². The van der Waals surface area contributed by atoms with Crippen LogP contribution in [-0.2, 0) is 24.3 Å². The topological polar surface area (TPSA) is 46.9 Å². The van der Waals surface area contributed by atoms with Gasteiger partial charge in [0.2, 0.25) is 5.91 Å². The minimum absolute atomic E-state index is 0.118. The Labute approximate surface area is 152 Å². The predicted molar refractivity (Wildman–Crippen MR) is 102 cm³/mol. The fourth-order valence-electron chi connectivity index (χ4n) is 2.77. The minimum atomic E-state index is 0.118. The number of imidazole rings is 1. The number of thiophene rings is 1. The molecule has 25 heavy (non-hydrogen) atoms. The molecular weight excluding hydrogens is 330 g/mol. The fourth-order valence-corrected chi connectivity index (χ4v) is 3.52. The van der Waals surface area contributed by atoms with Gasteiger partial charge in [-0.3, -0.25) is 4.79 Å². The number of rotatable bonds is 8. The number of hydrogen-bond acceptors (Lipinski definition) is 3. The molecule has 3 rings (SSSR count). The van der Waals surface area contributed by atoms with Gasteiger partial charge in [-0.1, -0.05) is 30.3 Å².